The quantitative estimate of drug-likeness (QED) is 0.583. The number of carboxylic acids is 1. The van der Waals surface area contributed by atoms with Crippen molar-refractivity contribution < 1.29 is 23.9 Å². The molecule has 3 N–H and O–H groups in total. The highest BCUT2D eigenvalue weighted by Gasteiger charge is 2.26. The van der Waals surface area contributed by atoms with Crippen LogP contribution in [0.1, 0.15) is 28.8 Å². The maximum Gasteiger partial charge on any atom is 0.326 e. The summed E-state index contributed by atoms with van der Waals surface area (Å²) in [6.45, 7) is 0.504. The summed E-state index contributed by atoms with van der Waals surface area (Å²) in [4.78, 5) is 41.0. The molecular formula is C22H20FN3O4. The van der Waals surface area contributed by atoms with E-state index in [9.17, 15) is 23.9 Å². The lowest BCUT2D eigenvalue weighted by Crippen LogP contribution is -2.42. The van der Waals surface area contributed by atoms with Gasteiger partial charge in [0, 0.05) is 42.2 Å². The molecule has 2 heterocycles. The van der Waals surface area contributed by atoms with Crippen LogP contribution in [0.5, 0.6) is 0 Å². The summed E-state index contributed by atoms with van der Waals surface area (Å²) in [7, 11) is 0. The van der Waals surface area contributed by atoms with Gasteiger partial charge in [-0.25, -0.2) is 9.18 Å². The lowest BCUT2D eigenvalue weighted by atomic mass is 10.0. The van der Waals surface area contributed by atoms with Crippen LogP contribution < -0.4 is 10.2 Å². The van der Waals surface area contributed by atoms with Crippen molar-refractivity contribution in [3.05, 3.63) is 65.6 Å². The summed E-state index contributed by atoms with van der Waals surface area (Å²) in [5.74, 6) is -2.93. The van der Waals surface area contributed by atoms with Gasteiger partial charge in [-0.05, 0) is 36.2 Å². The zero-order valence-corrected chi connectivity index (χ0v) is 16.0. The van der Waals surface area contributed by atoms with Gasteiger partial charge in [-0.15, -0.1) is 0 Å². The normalized spacial score (nSPS) is 14.8. The van der Waals surface area contributed by atoms with E-state index >= 15 is 0 Å². The number of H-pyrrole nitrogens is 1. The molecule has 1 fully saturated rings. The van der Waals surface area contributed by atoms with Crippen molar-refractivity contribution in [2.75, 3.05) is 11.4 Å². The Morgan fingerprint density at radius 3 is 2.77 bits per heavy atom. The van der Waals surface area contributed by atoms with Gasteiger partial charge in [0.1, 0.15) is 11.9 Å². The predicted molar refractivity (Wildman–Crippen MR) is 109 cm³/mol. The molecule has 154 valence electrons. The Hall–Kier alpha value is -3.68. The summed E-state index contributed by atoms with van der Waals surface area (Å²) in [6, 6.07) is 10.0. The second kappa shape index (κ2) is 7.98. The number of carbonyl (C=O) groups is 3. The molecule has 2 aromatic carbocycles. The smallest absolute Gasteiger partial charge is 0.326 e. The third-order valence-corrected chi connectivity index (χ3v) is 5.28. The Kier molecular flexibility index (Phi) is 5.22. The molecule has 0 bridgehead atoms. The van der Waals surface area contributed by atoms with Crippen LogP contribution in [0.15, 0.2) is 48.7 Å². The number of nitrogens with zero attached hydrogens (tertiary/aromatic N) is 1. The SMILES string of the molecule is O=C(N[C@H](Cc1c[nH]c2ccccc12)C(=O)O)c1cc(N2CCCC2=O)ccc1F. The van der Waals surface area contributed by atoms with E-state index in [0.29, 0.717) is 25.1 Å². The summed E-state index contributed by atoms with van der Waals surface area (Å²) in [5, 5.41) is 12.9. The highest BCUT2D eigenvalue weighted by molar-refractivity contribution is 6.00. The van der Waals surface area contributed by atoms with Crippen molar-refractivity contribution >= 4 is 34.4 Å². The molecular weight excluding hydrogens is 389 g/mol. The number of halogens is 1. The minimum Gasteiger partial charge on any atom is -0.480 e. The lowest BCUT2D eigenvalue weighted by molar-refractivity contribution is -0.139. The second-order valence-corrected chi connectivity index (χ2v) is 7.24. The van der Waals surface area contributed by atoms with Gasteiger partial charge < -0.3 is 20.3 Å². The van der Waals surface area contributed by atoms with Crippen LogP contribution in [0, 0.1) is 5.82 Å². The molecule has 4 rings (SSSR count). The van der Waals surface area contributed by atoms with Gasteiger partial charge in [-0.1, -0.05) is 18.2 Å². The number of aromatic nitrogens is 1. The lowest BCUT2D eigenvalue weighted by Gasteiger charge is -2.18. The Bertz CT molecular complexity index is 1140. The number of carboxylic acid groups (broad SMARTS) is 1. The van der Waals surface area contributed by atoms with Crippen LogP contribution in [0.3, 0.4) is 0 Å². The zero-order valence-electron chi connectivity index (χ0n) is 16.0. The van der Waals surface area contributed by atoms with E-state index in [1.165, 1.54) is 17.0 Å². The van der Waals surface area contributed by atoms with Gasteiger partial charge in [0.25, 0.3) is 5.91 Å². The van der Waals surface area contributed by atoms with Crippen LogP contribution in [0.25, 0.3) is 10.9 Å². The monoisotopic (exact) mass is 409 g/mol. The number of carbonyl (C=O) groups excluding carboxylic acids is 2. The van der Waals surface area contributed by atoms with E-state index in [4.69, 9.17) is 0 Å². The number of aromatic amines is 1. The Morgan fingerprint density at radius 2 is 2.03 bits per heavy atom. The maximum absolute atomic E-state index is 14.3. The highest BCUT2D eigenvalue weighted by Crippen LogP contribution is 2.24. The average Bonchev–Trinajstić information content (AvgIpc) is 3.34. The molecule has 1 atom stereocenters. The van der Waals surface area contributed by atoms with Gasteiger partial charge in [-0.2, -0.15) is 0 Å². The molecule has 3 aromatic rings. The first-order valence-corrected chi connectivity index (χ1v) is 9.62. The first kappa shape index (κ1) is 19.6. The third kappa shape index (κ3) is 3.76. The van der Waals surface area contributed by atoms with Gasteiger partial charge in [0.15, 0.2) is 0 Å². The molecule has 0 saturated carbocycles. The average molecular weight is 409 g/mol. The minimum absolute atomic E-state index is 0.0387. The number of aliphatic carboxylic acids is 1. The number of amides is 2. The zero-order chi connectivity index (χ0) is 21.3. The van der Waals surface area contributed by atoms with Crippen molar-refractivity contribution in [3.63, 3.8) is 0 Å². The van der Waals surface area contributed by atoms with Crippen molar-refractivity contribution in [2.45, 2.75) is 25.3 Å². The van der Waals surface area contributed by atoms with Gasteiger partial charge in [0.05, 0.1) is 5.56 Å². The van der Waals surface area contributed by atoms with Crippen LogP contribution >= 0.6 is 0 Å². The predicted octanol–water partition coefficient (Wildman–Crippen LogP) is 2.86. The fourth-order valence-corrected chi connectivity index (χ4v) is 3.73. The molecule has 0 unspecified atom stereocenters. The third-order valence-electron chi connectivity index (χ3n) is 5.28. The Balaban J connectivity index is 1.56. The highest BCUT2D eigenvalue weighted by atomic mass is 19.1. The van der Waals surface area contributed by atoms with Crippen LogP contribution in [-0.2, 0) is 16.0 Å². The molecule has 0 spiro atoms. The van der Waals surface area contributed by atoms with Crippen molar-refractivity contribution in [1.29, 1.82) is 0 Å². The molecule has 8 heteroatoms. The van der Waals surface area contributed by atoms with E-state index in [0.717, 1.165) is 22.5 Å². The molecule has 1 aliphatic rings. The van der Waals surface area contributed by atoms with E-state index in [2.05, 4.69) is 10.3 Å². The largest absolute Gasteiger partial charge is 0.480 e. The van der Waals surface area contributed by atoms with Crippen LogP contribution in [0.4, 0.5) is 10.1 Å². The second-order valence-electron chi connectivity index (χ2n) is 7.24. The van der Waals surface area contributed by atoms with E-state index in [-0.39, 0.29) is 17.9 Å². The number of hydrogen-bond donors (Lipinski definition) is 3. The summed E-state index contributed by atoms with van der Waals surface area (Å²) >= 11 is 0. The Morgan fingerprint density at radius 1 is 1.23 bits per heavy atom. The molecule has 1 saturated heterocycles. The summed E-state index contributed by atoms with van der Waals surface area (Å²) in [6.07, 6.45) is 2.85. The minimum atomic E-state index is -1.24. The number of benzene rings is 2. The fourth-order valence-electron chi connectivity index (χ4n) is 3.73. The summed E-state index contributed by atoms with van der Waals surface area (Å²) < 4.78 is 14.3. The molecule has 0 radical (unpaired) electrons. The summed E-state index contributed by atoms with van der Waals surface area (Å²) in [5.41, 5.74) is 1.72. The first-order chi connectivity index (χ1) is 14.4. The van der Waals surface area contributed by atoms with E-state index < -0.39 is 23.7 Å². The first-order valence-electron chi connectivity index (χ1n) is 9.62. The number of fused-ring (bicyclic) bond motifs is 1. The molecule has 7 nitrogen and oxygen atoms in total. The Labute approximate surface area is 171 Å². The van der Waals surface area contributed by atoms with Crippen molar-refractivity contribution in [1.82, 2.24) is 10.3 Å². The number of hydrogen-bond acceptors (Lipinski definition) is 3. The molecule has 2 amide bonds. The number of rotatable bonds is 6. The van der Waals surface area contributed by atoms with Crippen LogP contribution in [-0.4, -0.2) is 40.5 Å². The van der Waals surface area contributed by atoms with Gasteiger partial charge >= 0.3 is 5.97 Å². The molecule has 30 heavy (non-hydrogen) atoms. The molecule has 0 aliphatic carbocycles. The van der Waals surface area contributed by atoms with Gasteiger partial charge in [-0.3, -0.25) is 9.59 Å². The maximum atomic E-state index is 14.3. The number of para-hydroxylation sites is 1. The van der Waals surface area contributed by atoms with Crippen molar-refractivity contribution in [2.24, 2.45) is 0 Å². The van der Waals surface area contributed by atoms with Crippen molar-refractivity contribution in [3.8, 4) is 0 Å². The fraction of sp³-hybridized carbons (Fsp3) is 0.227. The van der Waals surface area contributed by atoms with E-state index in [1.54, 1.807) is 6.20 Å². The number of nitrogens with one attached hydrogen (secondary N) is 2. The molecule has 1 aliphatic heterocycles. The van der Waals surface area contributed by atoms with Crippen LogP contribution in [0.2, 0.25) is 0 Å². The van der Waals surface area contributed by atoms with Gasteiger partial charge in [0.2, 0.25) is 5.91 Å². The standard InChI is InChI=1S/C22H20FN3O4/c23-17-8-7-14(26-9-3-6-20(26)27)11-16(17)21(28)25-19(22(29)30)10-13-12-24-18-5-2-1-4-15(13)18/h1-2,4-5,7-8,11-12,19,24H,3,6,9-10H2,(H,25,28)(H,29,30)/t19-/m1/s1. The van der Waals surface area contributed by atoms with E-state index in [1.807, 2.05) is 24.3 Å². The number of anilines is 1. The topological polar surface area (TPSA) is 102 Å². The molecule has 1 aromatic heterocycles.